The van der Waals surface area contributed by atoms with Gasteiger partial charge in [-0.25, -0.2) is 4.79 Å². The van der Waals surface area contributed by atoms with E-state index in [4.69, 9.17) is 4.84 Å². The Kier molecular flexibility index (Phi) is 3.56. The molecule has 0 bridgehead atoms. The maximum absolute atomic E-state index is 12.6. The van der Waals surface area contributed by atoms with E-state index in [0.717, 1.165) is 10.2 Å². The lowest BCUT2D eigenvalue weighted by atomic mass is 9.87. The fourth-order valence-corrected chi connectivity index (χ4v) is 4.05. The van der Waals surface area contributed by atoms with Crippen LogP contribution in [0.4, 0.5) is 0 Å². The topological polar surface area (TPSA) is 84.0 Å². The minimum atomic E-state index is -0.476. The molecular weight excluding hydrogens is 330 g/mol. The minimum absolute atomic E-state index is 0.000330. The van der Waals surface area contributed by atoms with Crippen LogP contribution in [0, 0.1) is 0 Å². The summed E-state index contributed by atoms with van der Waals surface area (Å²) >= 11 is 1.61. The molecule has 1 spiro atoms. The minimum Gasteiger partial charge on any atom is -0.464 e. The molecule has 1 fully saturated rings. The number of methoxy groups -OCH3 is 1. The Bertz CT molecular complexity index is 801. The molecule has 2 aromatic rings. The lowest BCUT2D eigenvalue weighted by Gasteiger charge is -2.36. The van der Waals surface area contributed by atoms with E-state index < -0.39 is 11.6 Å². The first-order chi connectivity index (χ1) is 11.6. The Balaban J connectivity index is 1.40. The third-order valence-electron chi connectivity index (χ3n) is 4.69. The van der Waals surface area contributed by atoms with Crippen LogP contribution in [0.15, 0.2) is 22.7 Å². The summed E-state index contributed by atoms with van der Waals surface area (Å²) in [4.78, 5) is 34.7. The van der Waals surface area contributed by atoms with E-state index in [9.17, 15) is 9.59 Å². The number of likely N-dealkylation sites (tertiary alicyclic amines) is 1. The van der Waals surface area contributed by atoms with Crippen LogP contribution in [-0.4, -0.2) is 53.3 Å². The number of carbonyl (C=O) groups excluding carboxylic acids is 2. The van der Waals surface area contributed by atoms with Crippen LogP contribution in [0.25, 0.3) is 10.2 Å². The number of aromatic amines is 1. The van der Waals surface area contributed by atoms with Crippen molar-refractivity contribution in [3.63, 3.8) is 0 Å². The maximum atomic E-state index is 12.6. The molecule has 0 aliphatic carbocycles. The smallest absolute Gasteiger partial charge is 0.355 e. The van der Waals surface area contributed by atoms with Crippen LogP contribution in [0.5, 0.6) is 0 Å². The summed E-state index contributed by atoms with van der Waals surface area (Å²) < 4.78 is 5.77. The molecule has 0 aromatic carbocycles. The Morgan fingerprint density at radius 2 is 2.21 bits per heavy atom. The number of rotatable bonds is 2. The van der Waals surface area contributed by atoms with Crippen molar-refractivity contribution >= 4 is 39.1 Å². The molecular formula is C16H17N3O4S. The van der Waals surface area contributed by atoms with Crippen molar-refractivity contribution in [3.05, 3.63) is 23.2 Å². The number of hydrogen-bond donors (Lipinski definition) is 1. The fraction of sp³-hybridized carbons (Fsp3) is 0.438. The van der Waals surface area contributed by atoms with E-state index in [1.54, 1.807) is 11.3 Å². The van der Waals surface area contributed by atoms with E-state index in [0.29, 0.717) is 43.8 Å². The van der Waals surface area contributed by atoms with Gasteiger partial charge in [0, 0.05) is 32.4 Å². The van der Waals surface area contributed by atoms with Gasteiger partial charge >= 0.3 is 5.97 Å². The number of aromatic nitrogens is 1. The monoisotopic (exact) mass is 347 g/mol. The molecule has 0 atom stereocenters. The number of piperidine rings is 1. The highest BCUT2D eigenvalue weighted by Gasteiger charge is 2.44. The summed E-state index contributed by atoms with van der Waals surface area (Å²) in [7, 11) is 1.33. The molecule has 2 aromatic heterocycles. The van der Waals surface area contributed by atoms with Crippen molar-refractivity contribution in [3.8, 4) is 0 Å². The van der Waals surface area contributed by atoms with Gasteiger partial charge in [-0.2, -0.15) is 0 Å². The van der Waals surface area contributed by atoms with Gasteiger partial charge in [0.2, 0.25) is 0 Å². The predicted octanol–water partition coefficient (Wildman–Crippen LogP) is 2.15. The van der Waals surface area contributed by atoms with Gasteiger partial charge in [0.05, 0.1) is 17.3 Å². The molecule has 2 aliphatic heterocycles. The molecule has 0 radical (unpaired) electrons. The Hall–Kier alpha value is -2.35. The molecule has 1 saturated heterocycles. The lowest BCUT2D eigenvalue weighted by molar-refractivity contribution is -0.132. The molecule has 4 heterocycles. The largest absolute Gasteiger partial charge is 0.464 e. The van der Waals surface area contributed by atoms with Gasteiger partial charge in [-0.15, -0.1) is 11.3 Å². The zero-order valence-electron chi connectivity index (χ0n) is 13.2. The number of fused-ring (bicyclic) bond motifs is 1. The summed E-state index contributed by atoms with van der Waals surface area (Å²) in [6.07, 6.45) is 1.75. The van der Waals surface area contributed by atoms with Crippen LogP contribution in [0.2, 0.25) is 0 Å². The number of nitrogens with zero attached hydrogens (tertiary/aromatic N) is 2. The summed E-state index contributed by atoms with van der Waals surface area (Å²) in [6.45, 7) is 1.16. The summed E-state index contributed by atoms with van der Waals surface area (Å²) in [5.41, 5.74) is 1.46. The molecule has 0 saturated carbocycles. The second-order valence-electron chi connectivity index (χ2n) is 6.15. The molecule has 8 heteroatoms. The van der Waals surface area contributed by atoms with E-state index in [2.05, 4.69) is 14.9 Å². The van der Waals surface area contributed by atoms with E-state index in [1.807, 2.05) is 22.4 Å². The molecule has 126 valence electrons. The average Bonchev–Trinajstić information content (AvgIpc) is 3.29. The molecule has 1 amide bonds. The number of amides is 1. The SMILES string of the molecule is COC(=O)C1=NOC2(CCN(C(=O)c3cc4sccc4[nH]3)CC2)C1. The third kappa shape index (κ3) is 2.47. The highest BCUT2D eigenvalue weighted by Crippen LogP contribution is 2.35. The van der Waals surface area contributed by atoms with E-state index >= 15 is 0 Å². The highest BCUT2D eigenvalue weighted by molar-refractivity contribution is 7.17. The summed E-state index contributed by atoms with van der Waals surface area (Å²) in [5, 5.41) is 5.86. The number of H-pyrrole nitrogens is 1. The molecule has 2 aliphatic rings. The average molecular weight is 347 g/mol. The van der Waals surface area contributed by atoms with Gasteiger partial charge < -0.3 is 19.5 Å². The second kappa shape index (κ2) is 5.62. The van der Waals surface area contributed by atoms with Crippen LogP contribution in [0.1, 0.15) is 29.8 Å². The second-order valence-corrected chi connectivity index (χ2v) is 7.10. The number of hydrogen-bond acceptors (Lipinski definition) is 6. The van der Waals surface area contributed by atoms with Gasteiger partial charge in [0.1, 0.15) is 11.3 Å². The first-order valence-corrected chi connectivity index (χ1v) is 8.67. The van der Waals surface area contributed by atoms with Gasteiger partial charge in [-0.3, -0.25) is 4.79 Å². The Labute approximate surface area is 142 Å². The number of ether oxygens (including phenoxy) is 1. The van der Waals surface area contributed by atoms with Crippen LogP contribution in [-0.2, 0) is 14.4 Å². The van der Waals surface area contributed by atoms with Crippen molar-refractivity contribution in [2.75, 3.05) is 20.2 Å². The molecule has 0 unspecified atom stereocenters. The molecule has 1 N–H and O–H groups in total. The standard InChI is InChI=1S/C16H17N3O4S/c1-22-15(21)12-9-16(23-18-12)3-5-19(6-4-16)14(20)11-8-13-10(17-11)2-7-24-13/h2,7-8,17H,3-6,9H2,1H3. The molecule has 24 heavy (non-hydrogen) atoms. The predicted molar refractivity (Wildman–Crippen MR) is 89.2 cm³/mol. The summed E-state index contributed by atoms with van der Waals surface area (Å²) in [5.74, 6) is -0.447. The van der Waals surface area contributed by atoms with E-state index in [-0.39, 0.29) is 5.91 Å². The fourth-order valence-electron chi connectivity index (χ4n) is 3.27. The number of nitrogens with one attached hydrogen (secondary N) is 1. The Morgan fingerprint density at radius 1 is 1.42 bits per heavy atom. The van der Waals surface area contributed by atoms with E-state index in [1.165, 1.54) is 7.11 Å². The van der Waals surface area contributed by atoms with Gasteiger partial charge in [0.25, 0.3) is 5.91 Å². The van der Waals surface area contributed by atoms with Gasteiger partial charge in [0.15, 0.2) is 5.71 Å². The summed E-state index contributed by atoms with van der Waals surface area (Å²) in [6, 6.07) is 3.87. The molecule has 4 rings (SSSR count). The quantitative estimate of drug-likeness (QED) is 0.844. The number of thiophene rings is 1. The van der Waals surface area contributed by atoms with Gasteiger partial charge in [-0.1, -0.05) is 5.16 Å². The number of carbonyl (C=O) groups is 2. The van der Waals surface area contributed by atoms with Crippen LogP contribution >= 0.6 is 11.3 Å². The zero-order valence-corrected chi connectivity index (χ0v) is 14.0. The van der Waals surface area contributed by atoms with Gasteiger partial charge in [-0.05, 0) is 17.5 Å². The highest BCUT2D eigenvalue weighted by atomic mass is 32.1. The van der Waals surface area contributed by atoms with Crippen molar-refractivity contribution in [2.45, 2.75) is 24.9 Å². The van der Waals surface area contributed by atoms with Crippen LogP contribution < -0.4 is 0 Å². The third-order valence-corrected chi connectivity index (χ3v) is 5.56. The van der Waals surface area contributed by atoms with Crippen LogP contribution in [0.3, 0.4) is 0 Å². The normalized spacial score (nSPS) is 19.4. The zero-order chi connectivity index (χ0) is 16.7. The molecule has 7 nitrogen and oxygen atoms in total. The first kappa shape index (κ1) is 15.2. The van der Waals surface area contributed by atoms with Crippen molar-refractivity contribution in [2.24, 2.45) is 5.16 Å². The van der Waals surface area contributed by atoms with Crippen molar-refractivity contribution in [1.82, 2.24) is 9.88 Å². The number of esters is 1. The van der Waals surface area contributed by atoms with Crippen molar-refractivity contribution in [1.29, 1.82) is 0 Å². The lowest BCUT2D eigenvalue weighted by Crippen LogP contribution is -2.47. The number of oxime groups is 1. The Morgan fingerprint density at radius 3 is 2.92 bits per heavy atom. The van der Waals surface area contributed by atoms with Crippen molar-refractivity contribution < 1.29 is 19.2 Å². The first-order valence-electron chi connectivity index (χ1n) is 7.79. The maximum Gasteiger partial charge on any atom is 0.355 e.